The predicted molar refractivity (Wildman–Crippen MR) is 73.8 cm³/mol. The molecule has 0 saturated heterocycles. The highest BCUT2D eigenvalue weighted by molar-refractivity contribution is 7.50. The van der Waals surface area contributed by atoms with Crippen molar-refractivity contribution in [3.8, 4) is 5.75 Å². The lowest BCUT2D eigenvalue weighted by atomic mass is 9.97. The zero-order valence-electron chi connectivity index (χ0n) is 11.4. The minimum atomic E-state index is -4.25. The van der Waals surface area contributed by atoms with Gasteiger partial charge in [0.15, 0.2) is 0 Å². The topological polar surface area (TPSA) is 104 Å². The fourth-order valence-corrected chi connectivity index (χ4v) is 2.61. The summed E-state index contributed by atoms with van der Waals surface area (Å²) in [5, 5.41) is 9.33. The third-order valence-electron chi connectivity index (χ3n) is 3.19. The highest BCUT2D eigenvalue weighted by Crippen LogP contribution is 2.42. The Balaban J connectivity index is 3.14. The molecule has 1 aromatic carbocycles. The normalized spacial score (nSPS) is 12.2. The van der Waals surface area contributed by atoms with Crippen LogP contribution in [0.1, 0.15) is 32.3 Å². The number of hydrogen-bond donors (Lipinski definition) is 3. The second kappa shape index (κ2) is 6.39. The second-order valence-corrected chi connectivity index (χ2v) is 6.18. The standard InChI is InChI=1S/C13H19O6P/c1-3-13(4-2,12(14)15)19-11-8-6-5-7-10(11)9-20(16,17)18/h5-8H,3-4,9H2,1-2H3,(H,14,15)(H2,16,17,18). The summed E-state index contributed by atoms with van der Waals surface area (Å²) in [5.74, 6) is -0.893. The van der Waals surface area contributed by atoms with E-state index in [9.17, 15) is 14.5 Å². The Kier molecular flexibility index (Phi) is 5.34. The van der Waals surface area contributed by atoms with Crippen LogP contribution in [0, 0.1) is 0 Å². The first-order chi connectivity index (χ1) is 9.24. The van der Waals surface area contributed by atoms with Crippen molar-refractivity contribution in [3.63, 3.8) is 0 Å². The van der Waals surface area contributed by atoms with Crippen LogP contribution in [0.5, 0.6) is 5.75 Å². The molecule has 0 unspecified atom stereocenters. The molecule has 0 fully saturated rings. The molecule has 1 aromatic rings. The zero-order chi connectivity index (χ0) is 15.4. The van der Waals surface area contributed by atoms with Gasteiger partial charge in [-0.1, -0.05) is 32.0 Å². The Bertz CT molecular complexity index is 517. The molecular formula is C13H19O6P. The van der Waals surface area contributed by atoms with Crippen LogP contribution < -0.4 is 4.74 Å². The minimum Gasteiger partial charge on any atom is -0.478 e. The van der Waals surface area contributed by atoms with E-state index >= 15 is 0 Å². The van der Waals surface area contributed by atoms with Gasteiger partial charge in [-0.05, 0) is 18.9 Å². The largest absolute Gasteiger partial charge is 0.478 e. The molecule has 0 heterocycles. The minimum absolute atomic E-state index is 0.196. The van der Waals surface area contributed by atoms with Gasteiger partial charge in [0.2, 0.25) is 5.60 Å². The second-order valence-electron chi connectivity index (χ2n) is 4.54. The van der Waals surface area contributed by atoms with Crippen molar-refractivity contribution in [1.29, 1.82) is 0 Å². The van der Waals surface area contributed by atoms with Crippen LogP contribution in [0.15, 0.2) is 24.3 Å². The van der Waals surface area contributed by atoms with Crippen LogP contribution in [0.2, 0.25) is 0 Å². The van der Waals surface area contributed by atoms with Gasteiger partial charge in [-0.2, -0.15) is 0 Å². The first kappa shape index (κ1) is 16.7. The number of rotatable bonds is 7. The van der Waals surface area contributed by atoms with Crippen molar-refractivity contribution in [2.24, 2.45) is 0 Å². The predicted octanol–water partition coefficient (Wildman–Crippen LogP) is 2.39. The Hall–Kier alpha value is -1.36. The molecule has 112 valence electrons. The Labute approximate surface area is 117 Å². The molecule has 0 atom stereocenters. The average Bonchev–Trinajstić information content (AvgIpc) is 2.36. The molecule has 7 heteroatoms. The van der Waals surface area contributed by atoms with Crippen LogP contribution in [-0.2, 0) is 15.5 Å². The van der Waals surface area contributed by atoms with Crippen LogP contribution in [-0.4, -0.2) is 26.5 Å². The van der Waals surface area contributed by atoms with E-state index in [2.05, 4.69) is 0 Å². The monoisotopic (exact) mass is 302 g/mol. The molecule has 1 rings (SSSR count). The number of ether oxygens (including phenoxy) is 1. The fraction of sp³-hybridized carbons (Fsp3) is 0.462. The first-order valence-electron chi connectivity index (χ1n) is 6.29. The van der Waals surface area contributed by atoms with Crippen molar-refractivity contribution >= 4 is 13.6 Å². The number of carboxylic acid groups (broad SMARTS) is 1. The van der Waals surface area contributed by atoms with Gasteiger partial charge >= 0.3 is 13.6 Å². The summed E-state index contributed by atoms with van der Waals surface area (Å²) in [6, 6.07) is 6.30. The van der Waals surface area contributed by atoms with Crippen molar-refractivity contribution in [1.82, 2.24) is 0 Å². The summed E-state index contributed by atoms with van der Waals surface area (Å²) >= 11 is 0. The van der Waals surface area contributed by atoms with Gasteiger partial charge in [0, 0.05) is 5.56 Å². The van der Waals surface area contributed by atoms with Gasteiger partial charge in [-0.15, -0.1) is 0 Å². The molecule has 0 aliphatic carbocycles. The Morgan fingerprint density at radius 1 is 1.25 bits per heavy atom. The van der Waals surface area contributed by atoms with Crippen molar-refractivity contribution in [2.75, 3.05) is 0 Å². The lowest BCUT2D eigenvalue weighted by Crippen LogP contribution is -2.43. The molecule has 0 aromatic heterocycles. The highest BCUT2D eigenvalue weighted by atomic mass is 31.2. The smallest absolute Gasteiger partial charge is 0.348 e. The summed E-state index contributed by atoms with van der Waals surface area (Å²) < 4.78 is 16.7. The first-order valence-corrected chi connectivity index (χ1v) is 8.08. The quantitative estimate of drug-likeness (QED) is 0.668. The molecule has 3 N–H and O–H groups in total. The van der Waals surface area contributed by atoms with Gasteiger partial charge in [-0.3, -0.25) is 4.57 Å². The van der Waals surface area contributed by atoms with Gasteiger partial charge < -0.3 is 19.6 Å². The molecule has 0 saturated carbocycles. The molecule has 6 nitrogen and oxygen atoms in total. The molecule has 0 spiro atoms. The Morgan fingerprint density at radius 2 is 1.80 bits per heavy atom. The number of aliphatic carboxylic acids is 1. The molecular weight excluding hydrogens is 283 g/mol. The third kappa shape index (κ3) is 4.07. The molecule has 0 amide bonds. The van der Waals surface area contributed by atoms with E-state index in [1.165, 1.54) is 12.1 Å². The summed E-state index contributed by atoms with van der Waals surface area (Å²) in [6.07, 6.45) is 0.0262. The van der Waals surface area contributed by atoms with Gasteiger partial charge in [0.1, 0.15) is 5.75 Å². The van der Waals surface area contributed by atoms with Crippen LogP contribution in [0.4, 0.5) is 0 Å². The summed E-state index contributed by atoms with van der Waals surface area (Å²) in [7, 11) is -4.25. The van der Waals surface area contributed by atoms with Crippen molar-refractivity contribution < 1.29 is 29.0 Å². The summed E-state index contributed by atoms with van der Waals surface area (Å²) in [4.78, 5) is 29.5. The lowest BCUT2D eigenvalue weighted by Gasteiger charge is -2.29. The maximum atomic E-state index is 11.4. The maximum absolute atomic E-state index is 11.4. The van der Waals surface area contributed by atoms with E-state index in [1.54, 1.807) is 26.0 Å². The summed E-state index contributed by atoms with van der Waals surface area (Å²) in [5.41, 5.74) is -1.08. The van der Waals surface area contributed by atoms with Crippen LogP contribution in [0.25, 0.3) is 0 Å². The zero-order valence-corrected chi connectivity index (χ0v) is 12.3. The SMILES string of the molecule is CCC(CC)(Oc1ccccc1CP(=O)(O)O)C(=O)O. The third-order valence-corrected chi connectivity index (χ3v) is 3.94. The summed E-state index contributed by atoms with van der Waals surface area (Å²) in [6.45, 7) is 3.40. The van der Waals surface area contributed by atoms with Crippen molar-refractivity contribution in [2.45, 2.75) is 38.5 Å². The van der Waals surface area contributed by atoms with Crippen LogP contribution in [0.3, 0.4) is 0 Å². The fourth-order valence-electron chi connectivity index (χ4n) is 1.91. The van der Waals surface area contributed by atoms with E-state index in [0.29, 0.717) is 5.56 Å². The number of para-hydroxylation sites is 1. The van der Waals surface area contributed by atoms with Crippen LogP contribution >= 0.6 is 7.60 Å². The number of hydrogen-bond acceptors (Lipinski definition) is 3. The van der Waals surface area contributed by atoms with E-state index in [0.717, 1.165) is 0 Å². The molecule has 0 bridgehead atoms. The highest BCUT2D eigenvalue weighted by Gasteiger charge is 2.38. The van der Waals surface area contributed by atoms with E-state index in [1.807, 2.05) is 0 Å². The van der Waals surface area contributed by atoms with E-state index in [-0.39, 0.29) is 18.6 Å². The number of carbonyl (C=O) groups is 1. The number of carboxylic acids is 1. The Morgan fingerprint density at radius 3 is 2.25 bits per heavy atom. The van der Waals surface area contributed by atoms with Gasteiger partial charge in [-0.25, -0.2) is 4.79 Å². The maximum Gasteiger partial charge on any atom is 0.348 e. The molecule has 0 radical (unpaired) electrons. The van der Waals surface area contributed by atoms with E-state index < -0.39 is 25.3 Å². The molecule has 0 aliphatic heterocycles. The van der Waals surface area contributed by atoms with Crippen molar-refractivity contribution in [3.05, 3.63) is 29.8 Å². The molecule has 0 aliphatic rings. The van der Waals surface area contributed by atoms with Gasteiger partial charge in [0.05, 0.1) is 6.16 Å². The van der Waals surface area contributed by atoms with Gasteiger partial charge in [0.25, 0.3) is 0 Å². The average molecular weight is 302 g/mol. The molecule has 20 heavy (non-hydrogen) atoms. The lowest BCUT2D eigenvalue weighted by molar-refractivity contribution is -0.156. The van der Waals surface area contributed by atoms with E-state index in [4.69, 9.17) is 14.5 Å². The number of benzene rings is 1.